The van der Waals surface area contributed by atoms with Gasteiger partial charge in [-0.25, -0.2) is 0 Å². The van der Waals surface area contributed by atoms with Crippen LogP contribution in [0.1, 0.15) is 6.42 Å². The van der Waals surface area contributed by atoms with Crippen LogP contribution in [0.5, 0.6) is 0 Å². The Bertz CT molecular complexity index is 249. The predicted molar refractivity (Wildman–Crippen MR) is 52.0 cm³/mol. The summed E-state index contributed by atoms with van der Waals surface area (Å²) in [6.45, 7) is 3.25. The van der Waals surface area contributed by atoms with Crippen LogP contribution < -0.4 is 10.2 Å². The topological polar surface area (TPSA) is 53.9 Å². The normalized spacial score (nSPS) is 22.5. The highest BCUT2D eigenvalue weighted by Gasteiger charge is 2.23. The van der Waals surface area contributed by atoms with Gasteiger partial charge in [0.15, 0.2) is 0 Å². The Labute approximate surface area is 81.3 Å². The molecule has 13 heavy (non-hydrogen) atoms. The van der Waals surface area contributed by atoms with E-state index in [1.54, 1.807) is 0 Å². The van der Waals surface area contributed by atoms with E-state index < -0.39 is 0 Å². The summed E-state index contributed by atoms with van der Waals surface area (Å²) in [7, 11) is 2.00. The lowest BCUT2D eigenvalue weighted by Gasteiger charge is -2.12. The maximum Gasteiger partial charge on any atom is 0.227 e. The van der Waals surface area contributed by atoms with Crippen molar-refractivity contribution in [3.63, 3.8) is 0 Å². The Kier molecular flexibility index (Phi) is 2.70. The average Bonchev–Trinajstić information content (AvgIpc) is 2.70. The molecule has 2 rings (SSSR count). The first-order valence-corrected chi connectivity index (χ1v) is 5.22. The molecule has 2 heterocycles. The van der Waals surface area contributed by atoms with Gasteiger partial charge in [0.1, 0.15) is 0 Å². The number of rotatable bonds is 3. The van der Waals surface area contributed by atoms with Gasteiger partial charge in [-0.3, -0.25) is 0 Å². The van der Waals surface area contributed by atoms with E-state index in [2.05, 4.69) is 25.0 Å². The maximum atomic E-state index is 3.96. The van der Waals surface area contributed by atoms with Crippen LogP contribution in [-0.4, -0.2) is 41.5 Å². The quantitative estimate of drug-likeness (QED) is 0.741. The Hall–Kier alpha value is -0.750. The van der Waals surface area contributed by atoms with Crippen molar-refractivity contribution >= 4 is 16.7 Å². The van der Waals surface area contributed by atoms with Crippen LogP contribution in [0.25, 0.3) is 0 Å². The van der Waals surface area contributed by atoms with Crippen molar-refractivity contribution in [2.24, 2.45) is 5.92 Å². The van der Waals surface area contributed by atoms with Gasteiger partial charge in [-0.1, -0.05) is 9.59 Å². The summed E-state index contributed by atoms with van der Waals surface area (Å²) in [6, 6.07) is 0. The Morgan fingerprint density at radius 2 is 2.62 bits per heavy atom. The van der Waals surface area contributed by atoms with Gasteiger partial charge in [0.25, 0.3) is 0 Å². The molecule has 1 saturated heterocycles. The smallest absolute Gasteiger partial charge is 0.227 e. The van der Waals surface area contributed by atoms with Gasteiger partial charge in [-0.15, -0.1) is 0 Å². The molecular weight excluding hydrogens is 186 g/mol. The lowest BCUT2D eigenvalue weighted by molar-refractivity contribution is 0.549. The van der Waals surface area contributed by atoms with E-state index in [1.165, 1.54) is 18.0 Å². The molecule has 0 spiro atoms. The molecule has 1 unspecified atom stereocenters. The standard InChI is InChI=1S/C7H13N5S/c1-8-4-6-2-3-12(5-6)7-9-10-11-13-7/h6,8H,2-5H2,1H3. The molecule has 1 aromatic heterocycles. The van der Waals surface area contributed by atoms with Crippen LogP contribution in [0.2, 0.25) is 0 Å². The molecular formula is C7H13N5S. The second kappa shape index (κ2) is 3.97. The number of nitrogens with one attached hydrogen (secondary N) is 1. The van der Waals surface area contributed by atoms with Crippen LogP contribution in [0, 0.1) is 5.92 Å². The lowest BCUT2D eigenvalue weighted by Crippen LogP contribution is -2.24. The molecule has 1 atom stereocenters. The van der Waals surface area contributed by atoms with Gasteiger partial charge in [0, 0.05) is 24.6 Å². The van der Waals surface area contributed by atoms with E-state index in [9.17, 15) is 0 Å². The van der Waals surface area contributed by atoms with E-state index in [0.29, 0.717) is 0 Å². The first-order chi connectivity index (χ1) is 6.40. The predicted octanol–water partition coefficient (Wildman–Crippen LogP) is -0.0212. The molecule has 0 aliphatic carbocycles. The Morgan fingerprint density at radius 3 is 3.31 bits per heavy atom. The van der Waals surface area contributed by atoms with Gasteiger partial charge in [0.05, 0.1) is 0 Å². The number of nitrogens with zero attached hydrogens (tertiary/aromatic N) is 4. The van der Waals surface area contributed by atoms with Crippen molar-refractivity contribution in [2.75, 3.05) is 31.6 Å². The molecule has 0 amide bonds. The number of anilines is 1. The van der Waals surface area contributed by atoms with Crippen molar-refractivity contribution in [1.82, 2.24) is 20.1 Å². The third-order valence-electron chi connectivity index (χ3n) is 2.34. The molecule has 0 aromatic carbocycles. The Balaban J connectivity index is 1.91. The zero-order valence-electron chi connectivity index (χ0n) is 7.60. The van der Waals surface area contributed by atoms with Crippen molar-refractivity contribution < 1.29 is 0 Å². The number of hydrogen-bond acceptors (Lipinski definition) is 6. The zero-order chi connectivity index (χ0) is 9.10. The second-order valence-electron chi connectivity index (χ2n) is 3.30. The van der Waals surface area contributed by atoms with Crippen LogP contribution in [0.15, 0.2) is 0 Å². The highest BCUT2D eigenvalue weighted by Crippen LogP contribution is 2.22. The van der Waals surface area contributed by atoms with Crippen molar-refractivity contribution in [3.8, 4) is 0 Å². The molecule has 1 N–H and O–H groups in total. The maximum absolute atomic E-state index is 3.96. The zero-order valence-corrected chi connectivity index (χ0v) is 8.42. The second-order valence-corrected chi connectivity index (χ2v) is 4.01. The molecule has 1 aliphatic rings. The summed E-state index contributed by atoms with van der Waals surface area (Å²) in [5.74, 6) is 0.744. The first-order valence-electron chi connectivity index (χ1n) is 4.44. The fourth-order valence-corrected chi connectivity index (χ4v) is 2.21. The molecule has 0 radical (unpaired) electrons. The van der Waals surface area contributed by atoms with Gasteiger partial charge in [0.2, 0.25) is 5.13 Å². The van der Waals surface area contributed by atoms with E-state index in [0.717, 1.165) is 30.7 Å². The molecule has 72 valence electrons. The number of hydrogen-bond donors (Lipinski definition) is 1. The fraction of sp³-hybridized carbons (Fsp3) is 0.857. The minimum atomic E-state index is 0.744. The third kappa shape index (κ3) is 1.94. The minimum absolute atomic E-state index is 0.744. The molecule has 5 nitrogen and oxygen atoms in total. The molecule has 0 bridgehead atoms. The summed E-state index contributed by atoms with van der Waals surface area (Å²) in [5, 5.41) is 11.7. The average molecular weight is 199 g/mol. The van der Waals surface area contributed by atoms with E-state index in [1.807, 2.05) is 7.05 Å². The fourth-order valence-electron chi connectivity index (χ4n) is 1.71. The van der Waals surface area contributed by atoms with Crippen molar-refractivity contribution in [1.29, 1.82) is 0 Å². The van der Waals surface area contributed by atoms with Crippen LogP contribution >= 0.6 is 11.5 Å². The van der Waals surface area contributed by atoms with Gasteiger partial charge in [-0.05, 0) is 31.1 Å². The SMILES string of the molecule is CNCC1CCN(c2nnns2)C1. The molecule has 1 aromatic rings. The molecule has 6 heteroatoms. The summed E-state index contributed by atoms with van der Waals surface area (Å²) < 4.78 is 3.76. The van der Waals surface area contributed by atoms with Crippen LogP contribution in [0.3, 0.4) is 0 Å². The van der Waals surface area contributed by atoms with Gasteiger partial charge >= 0.3 is 0 Å². The summed E-state index contributed by atoms with van der Waals surface area (Å²) in [6.07, 6.45) is 1.24. The van der Waals surface area contributed by atoms with Crippen molar-refractivity contribution in [3.05, 3.63) is 0 Å². The molecule has 0 saturated carbocycles. The van der Waals surface area contributed by atoms with Gasteiger partial charge < -0.3 is 10.2 Å². The number of aromatic nitrogens is 3. The Morgan fingerprint density at radius 1 is 1.69 bits per heavy atom. The van der Waals surface area contributed by atoms with Crippen LogP contribution in [-0.2, 0) is 0 Å². The molecule has 1 aliphatic heterocycles. The molecule has 1 fully saturated rings. The van der Waals surface area contributed by atoms with E-state index in [-0.39, 0.29) is 0 Å². The summed E-state index contributed by atoms with van der Waals surface area (Å²) in [4.78, 5) is 2.26. The lowest BCUT2D eigenvalue weighted by atomic mass is 10.1. The van der Waals surface area contributed by atoms with E-state index >= 15 is 0 Å². The first kappa shape index (κ1) is 8.83. The van der Waals surface area contributed by atoms with Gasteiger partial charge in [-0.2, -0.15) is 0 Å². The third-order valence-corrected chi connectivity index (χ3v) is 3.00. The summed E-state index contributed by atoms with van der Waals surface area (Å²) >= 11 is 1.37. The van der Waals surface area contributed by atoms with E-state index in [4.69, 9.17) is 0 Å². The summed E-state index contributed by atoms with van der Waals surface area (Å²) in [5.41, 5.74) is 0. The van der Waals surface area contributed by atoms with Crippen LogP contribution in [0.4, 0.5) is 5.13 Å². The minimum Gasteiger partial charge on any atom is -0.345 e. The monoisotopic (exact) mass is 199 g/mol. The highest BCUT2D eigenvalue weighted by molar-refractivity contribution is 7.09. The van der Waals surface area contributed by atoms with Crippen molar-refractivity contribution in [2.45, 2.75) is 6.42 Å². The largest absolute Gasteiger partial charge is 0.345 e. The highest BCUT2D eigenvalue weighted by atomic mass is 32.1.